The predicted octanol–water partition coefficient (Wildman–Crippen LogP) is 1.88. The molecule has 1 heterocycles. The summed E-state index contributed by atoms with van der Waals surface area (Å²) in [7, 11) is 0. The maximum Gasteiger partial charge on any atom is 0.255 e. The van der Waals surface area contributed by atoms with E-state index in [0.29, 0.717) is 10.6 Å². The lowest BCUT2D eigenvalue weighted by Gasteiger charge is -2.19. The predicted molar refractivity (Wildman–Crippen MR) is 59.6 cm³/mol. The monoisotopic (exact) mass is 222 g/mol. The number of nitrogens with zero attached hydrogens (tertiary/aromatic N) is 1. The van der Waals surface area contributed by atoms with E-state index in [1.807, 2.05) is 0 Å². The molecule has 0 aliphatic heterocycles. The van der Waals surface area contributed by atoms with E-state index in [2.05, 4.69) is 16.2 Å². The highest BCUT2D eigenvalue weighted by atomic mass is 35.5. The first-order chi connectivity index (χ1) is 6.96. The van der Waals surface area contributed by atoms with Gasteiger partial charge in [0.15, 0.2) is 0 Å². The third-order valence-corrected chi connectivity index (χ3v) is 2.13. The summed E-state index contributed by atoms with van der Waals surface area (Å²) >= 11 is 5.84. The molecule has 0 saturated heterocycles. The lowest BCUT2D eigenvalue weighted by Crippen LogP contribution is -2.42. The first-order valence-corrected chi connectivity index (χ1v) is 4.74. The van der Waals surface area contributed by atoms with Gasteiger partial charge in [0.05, 0.1) is 16.1 Å². The minimum atomic E-state index is -0.698. The van der Waals surface area contributed by atoms with Gasteiger partial charge in [-0.2, -0.15) is 0 Å². The Morgan fingerprint density at radius 3 is 2.87 bits per heavy atom. The first-order valence-electron chi connectivity index (χ1n) is 4.36. The molecule has 0 aromatic carbocycles. The van der Waals surface area contributed by atoms with Crippen LogP contribution in [0.5, 0.6) is 0 Å². The van der Waals surface area contributed by atoms with Crippen molar-refractivity contribution >= 4 is 17.5 Å². The minimum Gasteiger partial charge on any atom is -0.336 e. The van der Waals surface area contributed by atoms with Crippen molar-refractivity contribution in [2.45, 2.75) is 19.4 Å². The van der Waals surface area contributed by atoms with Crippen LogP contribution in [0.4, 0.5) is 0 Å². The molecule has 0 aliphatic carbocycles. The summed E-state index contributed by atoms with van der Waals surface area (Å²) in [6.07, 6.45) is 8.18. The molecule has 0 bridgehead atoms. The van der Waals surface area contributed by atoms with Gasteiger partial charge in [-0.15, -0.1) is 6.42 Å². The second-order valence-corrected chi connectivity index (χ2v) is 3.99. The Kier molecular flexibility index (Phi) is 3.33. The largest absolute Gasteiger partial charge is 0.336 e. The van der Waals surface area contributed by atoms with Gasteiger partial charge in [0.25, 0.3) is 5.91 Å². The molecule has 3 nitrogen and oxygen atoms in total. The van der Waals surface area contributed by atoms with Crippen LogP contribution in [0.1, 0.15) is 24.2 Å². The number of terminal acetylenes is 1. The van der Waals surface area contributed by atoms with Gasteiger partial charge >= 0.3 is 0 Å². The number of amides is 1. The summed E-state index contributed by atoms with van der Waals surface area (Å²) in [5.41, 5.74) is -0.376. The van der Waals surface area contributed by atoms with Gasteiger partial charge in [-0.05, 0) is 19.9 Å². The van der Waals surface area contributed by atoms with Crippen LogP contribution in [0, 0.1) is 12.3 Å². The summed E-state index contributed by atoms with van der Waals surface area (Å²) in [4.78, 5) is 15.5. The third-order valence-electron chi connectivity index (χ3n) is 1.80. The molecule has 1 rings (SSSR count). The second kappa shape index (κ2) is 4.33. The fourth-order valence-corrected chi connectivity index (χ4v) is 1.12. The molecule has 4 heteroatoms. The SMILES string of the molecule is C#CC(C)(C)NC(=O)c1cnccc1Cl. The third kappa shape index (κ3) is 2.97. The van der Waals surface area contributed by atoms with Crippen molar-refractivity contribution in [1.82, 2.24) is 10.3 Å². The Morgan fingerprint density at radius 1 is 1.67 bits per heavy atom. The molecule has 0 fully saturated rings. The number of hydrogen-bond acceptors (Lipinski definition) is 2. The quantitative estimate of drug-likeness (QED) is 0.777. The zero-order valence-electron chi connectivity index (χ0n) is 8.54. The maximum absolute atomic E-state index is 11.7. The topological polar surface area (TPSA) is 42.0 Å². The number of aromatic nitrogens is 1. The Bertz CT molecular complexity index is 421. The Morgan fingerprint density at radius 2 is 2.33 bits per heavy atom. The fraction of sp³-hybridized carbons (Fsp3) is 0.273. The molecular weight excluding hydrogens is 212 g/mol. The number of carbonyl (C=O) groups is 1. The number of rotatable bonds is 2. The van der Waals surface area contributed by atoms with Crippen molar-refractivity contribution in [2.24, 2.45) is 0 Å². The molecule has 15 heavy (non-hydrogen) atoms. The molecule has 1 aromatic rings. The standard InChI is InChI=1S/C11H11ClN2O/c1-4-11(2,3)14-10(15)8-7-13-6-5-9(8)12/h1,5-7H,2-3H3,(H,14,15). The van der Waals surface area contributed by atoms with Crippen LogP contribution < -0.4 is 5.32 Å². The van der Waals surface area contributed by atoms with Crippen LogP contribution in [0.3, 0.4) is 0 Å². The number of halogens is 1. The molecule has 1 N–H and O–H groups in total. The zero-order valence-corrected chi connectivity index (χ0v) is 9.30. The molecule has 1 amide bonds. The van der Waals surface area contributed by atoms with Crippen molar-refractivity contribution in [3.05, 3.63) is 29.0 Å². The van der Waals surface area contributed by atoms with E-state index in [1.165, 1.54) is 12.4 Å². The van der Waals surface area contributed by atoms with Crippen molar-refractivity contribution in [1.29, 1.82) is 0 Å². The molecule has 0 atom stereocenters. The number of pyridine rings is 1. The van der Waals surface area contributed by atoms with Gasteiger partial charge in [0, 0.05) is 12.4 Å². The molecule has 78 valence electrons. The molecule has 0 aliphatic rings. The second-order valence-electron chi connectivity index (χ2n) is 3.58. The summed E-state index contributed by atoms with van der Waals surface area (Å²) in [6.45, 7) is 3.46. The van der Waals surface area contributed by atoms with Crippen LogP contribution in [0.2, 0.25) is 5.02 Å². The van der Waals surface area contributed by atoms with E-state index in [-0.39, 0.29) is 5.91 Å². The van der Waals surface area contributed by atoms with Gasteiger partial charge in [0.2, 0.25) is 0 Å². The molecule has 0 radical (unpaired) electrons. The fourth-order valence-electron chi connectivity index (χ4n) is 0.932. The molecule has 0 spiro atoms. The number of carbonyl (C=O) groups excluding carboxylic acids is 1. The normalized spacial score (nSPS) is 10.5. The van der Waals surface area contributed by atoms with Gasteiger partial charge in [0.1, 0.15) is 0 Å². The Balaban J connectivity index is 2.89. The van der Waals surface area contributed by atoms with E-state index in [0.717, 1.165) is 0 Å². The van der Waals surface area contributed by atoms with Crippen LogP contribution in [-0.2, 0) is 0 Å². The first kappa shape index (κ1) is 11.5. The zero-order chi connectivity index (χ0) is 11.5. The van der Waals surface area contributed by atoms with Crippen molar-refractivity contribution in [3.8, 4) is 12.3 Å². The average Bonchev–Trinajstić information content (AvgIpc) is 2.17. The van der Waals surface area contributed by atoms with E-state index < -0.39 is 5.54 Å². The van der Waals surface area contributed by atoms with Crippen LogP contribution in [0.25, 0.3) is 0 Å². The lowest BCUT2D eigenvalue weighted by atomic mass is 10.1. The van der Waals surface area contributed by atoms with E-state index in [9.17, 15) is 4.79 Å². The maximum atomic E-state index is 11.7. The molecule has 1 aromatic heterocycles. The van der Waals surface area contributed by atoms with E-state index in [1.54, 1.807) is 19.9 Å². The highest BCUT2D eigenvalue weighted by Gasteiger charge is 2.19. The van der Waals surface area contributed by atoms with Gasteiger partial charge in [-0.1, -0.05) is 17.5 Å². The summed E-state index contributed by atoms with van der Waals surface area (Å²) in [5.74, 6) is 2.14. The van der Waals surface area contributed by atoms with Crippen molar-refractivity contribution < 1.29 is 4.79 Å². The van der Waals surface area contributed by atoms with Crippen LogP contribution >= 0.6 is 11.6 Å². The molecule has 0 saturated carbocycles. The van der Waals surface area contributed by atoms with Crippen molar-refractivity contribution in [3.63, 3.8) is 0 Å². The van der Waals surface area contributed by atoms with Gasteiger partial charge in [-0.25, -0.2) is 0 Å². The van der Waals surface area contributed by atoms with E-state index in [4.69, 9.17) is 18.0 Å². The summed E-state index contributed by atoms with van der Waals surface area (Å²) < 4.78 is 0. The number of hydrogen-bond donors (Lipinski definition) is 1. The smallest absolute Gasteiger partial charge is 0.255 e. The Hall–Kier alpha value is -1.53. The number of nitrogens with one attached hydrogen (secondary N) is 1. The van der Waals surface area contributed by atoms with Crippen LogP contribution in [-0.4, -0.2) is 16.4 Å². The highest BCUT2D eigenvalue weighted by molar-refractivity contribution is 6.33. The Labute approximate surface area is 93.9 Å². The summed E-state index contributed by atoms with van der Waals surface area (Å²) in [5, 5.41) is 3.02. The minimum absolute atomic E-state index is 0.322. The van der Waals surface area contributed by atoms with E-state index >= 15 is 0 Å². The average molecular weight is 223 g/mol. The molecule has 0 unspecified atom stereocenters. The van der Waals surface area contributed by atoms with Crippen molar-refractivity contribution in [2.75, 3.05) is 0 Å². The lowest BCUT2D eigenvalue weighted by molar-refractivity contribution is 0.0929. The van der Waals surface area contributed by atoms with Crippen LogP contribution in [0.15, 0.2) is 18.5 Å². The van der Waals surface area contributed by atoms with Gasteiger partial charge in [-0.3, -0.25) is 9.78 Å². The summed E-state index contributed by atoms with van der Waals surface area (Å²) in [6, 6.07) is 1.55. The highest BCUT2D eigenvalue weighted by Crippen LogP contribution is 2.14. The molecular formula is C11H11ClN2O. The van der Waals surface area contributed by atoms with Gasteiger partial charge < -0.3 is 5.32 Å².